The normalized spacial score (nSPS) is 14.1. The van der Waals surface area contributed by atoms with Crippen molar-refractivity contribution in [3.05, 3.63) is 83.7 Å². The van der Waals surface area contributed by atoms with Crippen molar-refractivity contribution >= 4 is 27.5 Å². The third-order valence-corrected chi connectivity index (χ3v) is 9.67. The van der Waals surface area contributed by atoms with Gasteiger partial charge in [0.2, 0.25) is 11.8 Å². The molecule has 4 rings (SSSR count). The molecule has 44 heavy (non-hydrogen) atoms. The molecule has 3 aromatic carbocycles. The molecule has 0 heterocycles. The summed E-state index contributed by atoms with van der Waals surface area (Å²) in [5, 5.41) is 3.10. The third kappa shape index (κ3) is 7.68. The fraction of sp³-hybridized carbons (Fsp3) is 0.394. The van der Waals surface area contributed by atoms with E-state index in [1.54, 1.807) is 0 Å². The predicted molar refractivity (Wildman–Crippen MR) is 167 cm³/mol. The van der Waals surface area contributed by atoms with Crippen LogP contribution in [0.2, 0.25) is 0 Å². The zero-order valence-corrected chi connectivity index (χ0v) is 26.4. The molecule has 1 aliphatic carbocycles. The number of hydrogen-bond acceptors (Lipinski definition) is 6. The van der Waals surface area contributed by atoms with Gasteiger partial charge in [-0.1, -0.05) is 49.6 Å². The van der Waals surface area contributed by atoms with Crippen molar-refractivity contribution in [1.29, 1.82) is 0 Å². The topological polar surface area (TPSA) is 105 Å². The monoisotopic (exact) mass is 625 g/mol. The molecule has 1 aliphatic rings. The van der Waals surface area contributed by atoms with Gasteiger partial charge < -0.3 is 19.7 Å². The van der Waals surface area contributed by atoms with Crippen LogP contribution in [0.3, 0.4) is 0 Å². The molecule has 3 aromatic rings. The molecular weight excluding hydrogens is 585 g/mol. The van der Waals surface area contributed by atoms with E-state index in [9.17, 15) is 22.4 Å². The average Bonchev–Trinajstić information content (AvgIpc) is 3.53. The summed E-state index contributed by atoms with van der Waals surface area (Å²) in [5.41, 5.74) is 1.93. The number of methoxy groups -OCH3 is 2. The Morgan fingerprint density at radius 3 is 2.18 bits per heavy atom. The highest BCUT2D eigenvalue weighted by atomic mass is 32.2. The van der Waals surface area contributed by atoms with E-state index >= 15 is 0 Å². The smallest absolute Gasteiger partial charge is 0.264 e. The summed E-state index contributed by atoms with van der Waals surface area (Å²) in [6, 6.07) is 15.8. The maximum absolute atomic E-state index is 14.2. The maximum atomic E-state index is 14.2. The summed E-state index contributed by atoms with van der Waals surface area (Å²) in [6.45, 7) is 3.26. The first-order chi connectivity index (χ1) is 21.1. The molecule has 0 radical (unpaired) electrons. The van der Waals surface area contributed by atoms with Crippen molar-refractivity contribution < 1.29 is 31.9 Å². The Kier molecular flexibility index (Phi) is 10.9. The zero-order valence-electron chi connectivity index (χ0n) is 25.6. The standard InChI is InChI=1S/C33H40FN3O6S/c1-5-29(33(39)35-26-8-6-7-9-26)36(21-24-12-10-23(2)11-13-24)32(38)22-37(27-16-14-25(34)15-17-27)44(40,41)28-18-19-30(42-3)31(20-28)43-4/h10-20,26,29H,5-9,21-22H2,1-4H3,(H,35,39). The lowest BCUT2D eigenvalue weighted by molar-refractivity contribution is -0.140. The van der Waals surface area contributed by atoms with Crippen molar-refractivity contribution in [3.8, 4) is 11.5 Å². The highest BCUT2D eigenvalue weighted by molar-refractivity contribution is 7.92. The summed E-state index contributed by atoms with van der Waals surface area (Å²) in [5.74, 6) is -0.878. The number of halogens is 1. The van der Waals surface area contributed by atoms with Gasteiger partial charge in [0.05, 0.1) is 24.8 Å². The number of hydrogen-bond donors (Lipinski definition) is 1. The number of nitrogens with zero attached hydrogens (tertiary/aromatic N) is 2. The number of ether oxygens (including phenoxy) is 2. The van der Waals surface area contributed by atoms with Crippen LogP contribution in [0.5, 0.6) is 11.5 Å². The quantitative estimate of drug-likeness (QED) is 0.280. The van der Waals surface area contributed by atoms with Gasteiger partial charge in [-0.15, -0.1) is 0 Å². The molecule has 0 bridgehead atoms. The molecule has 9 nitrogen and oxygen atoms in total. The van der Waals surface area contributed by atoms with E-state index in [1.807, 2.05) is 38.1 Å². The number of carbonyl (C=O) groups is 2. The third-order valence-electron chi connectivity index (χ3n) is 7.90. The van der Waals surface area contributed by atoms with Crippen LogP contribution in [0.4, 0.5) is 10.1 Å². The Hall–Kier alpha value is -4.12. The Morgan fingerprint density at radius 2 is 1.59 bits per heavy atom. The highest BCUT2D eigenvalue weighted by Gasteiger charge is 2.35. The zero-order chi connectivity index (χ0) is 31.9. The molecule has 0 aliphatic heterocycles. The van der Waals surface area contributed by atoms with E-state index in [2.05, 4.69) is 5.32 Å². The lowest BCUT2D eigenvalue weighted by Gasteiger charge is -2.34. The van der Waals surface area contributed by atoms with Crippen LogP contribution in [0, 0.1) is 12.7 Å². The molecule has 1 N–H and O–H groups in total. The van der Waals surface area contributed by atoms with E-state index in [1.165, 1.54) is 49.5 Å². The first-order valence-corrected chi connectivity index (χ1v) is 16.2. The highest BCUT2D eigenvalue weighted by Crippen LogP contribution is 2.32. The van der Waals surface area contributed by atoms with Gasteiger partial charge in [0, 0.05) is 18.7 Å². The van der Waals surface area contributed by atoms with Crippen LogP contribution in [0.1, 0.15) is 50.2 Å². The van der Waals surface area contributed by atoms with Crippen LogP contribution >= 0.6 is 0 Å². The minimum absolute atomic E-state index is 0.0500. The van der Waals surface area contributed by atoms with Gasteiger partial charge in [-0.05, 0) is 68.1 Å². The summed E-state index contributed by atoms with van der Waals surface area (Å²) < 4.78 is 53.7. The van der Waals surface area contributed by atoms with Gasteiger partial charge >= 0.3 is 0 Å². The van der Waals surface area contributed by atoms with Gasteiger partial charge in [-0.25, -0.2) is 12.8 Å². The number of nitrogens with one attached hydrogen (secondary N) is 1. The van der Waals surface area contributed by atoms with Gasteiger partial charge in [0.1, 0.15) is 18.4 Å². The van der Waals surface area contributed by atoms with Crippen molar-refractivity contribution in [2.75, 3.05) is 25.1 Å². The largest absolute Gasteiger partial charge is 0.493 e. The van der Waals surface area contributed by atoms with E-state index in [4.69, 9.17) is 9.47 Å². The SMILES string of the molecule is CCC(C(=O)NC1CCCC1)N(Cc1ccc(C)cc1)C(=O)CN(c1ccc(F)cc1)S(=O)(=O)c1ccc(OC)c(OC)c1. The molecule has 1 atom stereocenters. The number of benzene rings is 3. The second-order valence-corrected chi connectivity index (χ2v) is 12.8. The van der Waals surface area contributed by atoms with Crippen LogP contribution in [-0.4, -0.2) is 58.0 Å². The van der Waals surface area contributed by atoms with Crippen molar-refractivity contribution in [3.63, 3.8) is 0 Å². The molecule has 11 heteroatoms. The second-order valence-electron chi connectivity index (χ2n) is 10.9. The van der Waals surface area contributed by atoms with Crippen LogP contribution < -0.4 is 19.1 Å². The molecule has 0 saturated heterocycles. The first kappa shape index (κ1) is 32.8. The lowest BCUT2D eigenvalue weighted by atomic mass is 10.1. The van der Waals surface area contributed by atoms with E-state index in [0.29, 0.717) is 12.2 Å². The molecule has 0 aromatic heterocycles. The Morgan fingerprint density at radius 1 is 0.955 bits per heavy atom. The van der Waals surface area contributed by atoms with Crippen LogP contribution in [-0.2, 0) is 26.2 Å². The number of sulfonamides is 1. The minimum Gasteiger partial charge on any atom is -0.493 e. The predicted octanol–water partition coefficient (Wildman–Crippen LogP) is 5.21. The summed E-state index contributed by atoms with van der Waals surface area (Å²) in [7, 11) is -1.55. The molecule has 1 unspecified atom stereocenters. The molecule has 0 spiro atoms. The number of anilines is 1. The molecule has 1 saturated carbocycles. The lowest BCUT2D eigenvalue weighted by Crippen LogP contribution is -2.53. The fourth-order valence-corrected chi connectivity index (χ4v) is 6.85. The van der Waals surface area contributed by atoms with Gasteiger partial charge in [-0.2, -0.15) is 0 Å². The van der Waals surface area contributed by atoms with Crippen LogP contribution in [0.25, 0.3) is 0 Å². The number of carbonyl (C=O) groups excluding carboxylic acids is 2. The molecule has 236 valence electrons. The Bertz CT molecular complexity index is 1540. The fourth-order valence-electron chi connectivity index (χ4n) is 5.42. The summed E-state index contributed by atoms with van der Waals surface area (Å²) in [6.07, 6.45) is 4.17. The minimum atomic E-state index is -4.38. The average molecular weight is 626 g/mol. The van der Waals surface area contributed by atoms with Crippen molar-refractivity contribution in [2.45, 2.75) is 69.5 Å². The Labute approximate surface area is 259 Å². The maximum Gasteiger partial charge on any atom is 0.264 e. The number of amides is 2. The number of aryl methyl sites for hydroxylation is 1. The summed E-state index contributed by atoms with van der Waals surface area (Å²) >= 11 is 0. The molecular formula is C33H40FN3O6S. The number of rotatable bonds is 13. The Balaban J connectivity index is 1.73. The first-order valence-electron chi connectivity index (χ1n) is 14.7. The van der Waals surface area contributed by atoms with Crippen molar-refractivity contribution in [2.24, 2.45) is 0 Å². The van der Waals surface area contributed by atoms with Gasteiger partial charge in [0.25, 0.3) is 10.0 Å². The second kappa shape index (κ2) is 14.6. The van der Waals surface area contributed by atoms with E-state index < -0.39 is 34.3 Å². The van der Waals surface area contributed by atoms with Crippen LogP contribution in [0.15, 0.2) is 71.6 Å². The molecule has 1 fully saturated rings. The molecule has 2 amide bonds. The van der Waals surface area contributed by atoms with E-state index in [0.717, 1.165) is 53.2 Å². The van der Waals surface area contributed by atoms with E-state index in [-0.39, 0.29) is 34.8 Å². The van der Waals surface area contributed by atoms with Crippen molar-refractivity contribution in [1.82, 2.24) is 10.2 Å². The summed E-state index contributed by atoms with van der Waals surface area (Å²) in [4.78, 5) is 29.1. The van der Waals surface area contributed by atoms with Gasteiger partial charge in [-0.3, -0.25) is 13.9 Å². The van der Waals surface area contributed by atoms with Gasteiger partial charge in [0.15, 0.2) is 11.5 Å².